The molecule has 0 saturated heterocycles. The molecule has 2 N–H and O–H groups in total. The van der Waals surface area contributed by atoms with Gasteiger partial charge in [-0.3, -0.25) is 9.59 Å². The number of rotatable bonds is 3. The number of carbonyl (C=O) groups excluding carboxylic acids is 2. The van der Waals surface area contributed by atoms with E-state index in [0.29, 0.717) is 23.3 Å². The molecule has 3 rings (SSSR count). The lowest BCUT2D eigenvalue weighted by atomic mass is 9.81. The Morgan fingerprint density at radius 3 is 2.31 bits per heavy atom. The number of phenolic OH excluding ortho intramolecular Hbond substituents is 2. The highest BCUT2D eigenvalue weighted by Gasteiger charge is 2.36. The first-order chi connectivity index (χ1) is 12.3. The van der Waals surface area contributed by atoms with Crippen LogP contribution in [0.5, 0.6) is 17.2 Å². The molecule has 0 fully saturated rings. The second-order valence-corrected chi connectivity index (χ2v) is 6.68. The first-order valence-corrected chi connectivity index (χ1v) is 8.25. The van der Waals surface area contributed by atoms with Gasteiger partial charge in [-0.25, -0.2) is 0 Å². The second-order valence-electron chi connectivity index (χ2n) is 6.68. The Bertz CT molecular complexity index is 979. The molecule has 1 aliphatic carbocycles. The fourth-order valence-electron chi connectivity index (χ4n) is 3.24. The van der Waals surface area contributed by atoms with Crippen LogP contribution >= 0.6 is 0 Å². The van der Waals surface area contributed by atoms with Gasteiger partial charge >= 0.3 is 0 Å². The number of ether oxygens (including phenoxy) is 1. The van der Waals surface area contributed by atoms with E-state index in [4.69, 9.17) is 4.74 Å². The van der Waals surface area contributed by atoms with Gasteiger partial charge in [-0.2, -0.15) is 0 Å². The van der Waals surface area contributed by atoms with E-state index in [1.54, 1.807) is 13.0 Å². The normalized spacial score (nSPS) is 12.5. The van der Waals surface area contributed by atoms with E-state index in [0.717, 1.165) is 5.57 Å². The van der Waals surface area contributed by atoms with Gasteiger partial charge in [0.25, 0.3) is 0 Å². The van der Waals surface area contributed by atoms with E-state index in [9.17, 15) is 19.8 Å². The van der Waals surface area contributed by atoms with E-state index >= 15 is 0 Å². The van der Waals surface area contributed by atoms with Crippen LogP contribution in [0.15, 0.2) is 29.8 Å². The fraction of sp³-hybridized carbons (Fsp3) is 0.238. The molecule has 0 saturated carbocycles. The van der Waals surface area contributed by atoms with Crippen molar-refractivity contribution in [2.75, 3.05) is 7.11 Å². The lowest BCUT2D eigenvalue weighted by Gasteiger charge is -2.22. The number of fused-ring (bicyclic) bond motifs is 2. The van der Waals surface area contributed by atoms with E-state index in [-0.39, 0.29) is 33.8 Å². The number of methoxy groups -OCH3 is 1. The van der Waals surface area contributed by atoms with Crippen molar-refractivity contribution in [1.29, 1.82) is 0 Å². The number of hydrogen-bond donors (Lipinski definition) is 2. The van der Waals surface area contributed by atoms with Crippen molar-refractivity contribution in [3.63, 3.8) is 0 Å². The average Bonchev–Trinajstić information content (AvgIpc) is 2.56. The minimum absolute atomic E-state index is 0.0678. The van der Waals surface area contributed by atoms with Crippen molar-refractivity contribution in [3.05, 3.63) is 63.2 Å². The molecular weight excluding hydrogens is 332 g/mol. The van der Waals surface area contributed by atoms with E-state index < -0.39 is 11.6 Å². The SMILES string of the molecule is COc1cc2c(c(O)c1CC=C(C)C)C(=O)c1c(O)cc(C)cc1C2=O. The van der Waals surface area contributed by atoms with Gasteiger partial charge in [-0.15, -0.1) is 0 Å². The van der Waals surface area contributed by atoms with Crippen LogP contribution in [0.1, 0.15) is 56.8 Å². The summed E-state index contributed by atoms with van der Waals surface area (Å²) in [6.45, 7) is 5.58. The van der Waals surface area contributed by atoms with Crippen molar-refractivity contribution in [1.82, 2.24) is 0 Å². The number of phenols is 2. The smallest absolute Gasteiger partial charge is 0.201 e. The van der Waals surface area contributed by atoms with Gasteiger partial charge in [-0.05, 0) is 51.0 Å². The van der Waals surface area contributed by atoms with Gasteiger partial charge < -0.3 is 14.9 Å². The number of aromatic hydroxyl groups is 2. The summed E-state index contributed by atoms with van der Waals surface area (Å²) in [5, 5.41) is 21.0. The molecule has 2 aromatic carbocycles. The Balaban J connectivity index is 2.30. The molecule has 0 heterocycles. The molecule has 0 amide bonds. The van der Waals surface area contributed by atoms with Gasteiger partial charge in [-0.1, -0.05) is 11.6 Å². The molecule has 26 heavy (non-hydrogen) atoms. The molecule has 0 aliphatic heterocycles. The second kappa shape index (κ2) is 6.33. The monoisotopic (exact) mass is 352 g/mol. The maximum atomic E-state index is 13.0. The molecule has 0 aromatic heterocycles. The van der Waals surface area contributed by atoms with Crippen molar-refractivity contribution >= 4 is 11.6 Å². The van der Waals surface area contributed by atoms with Crippen LogP contribution in [-0.4, -0.2) is 28.9 Å². The molecule has 2 aromatic rings. The summed E-state index contributed by atoms with van der Waals surface area (Å²) in [4.78, 5) is 25.9. The van der Waals surface area contributed by atoms with Gasteiger partial charge in [0.05, 0.1) is 18.2 Å². The van der Waals surface area contributed by atoms with Crippen LogP contribution in [0.3, 0.4) is 0 Å². The minimum Gasteiger partial charge on any atom is -0.507 e. The number of carbonyl (C=O) groups is 2. The molecule has 0 unspecified atom stereocenters. The topological polar surface area (TPSA) is 83.8 Å². The summed E-state index contributed by atoms with van der Waals surface area (Å²) < 4.78 is 5.34. The highest BCUT2D eigenvalue weighted by Crippen LogP contribution is 2.42. The van der Waals surface area contributed by atoms with Gasteiger partial charge in [0.1, 0.15) is 17.2 Å². The molecule has 1 aliphatic rings. The molecule has 0 atom stereocenters. The Hall–Kier alpha value is -3.08. The Morgan fingerprint density at radius 2 is 1.69 bits per heavy atom. The lowest BCUT2D eigenvalue weighted by molar-refractivity contribution is 0.0973. The zero-order valence-corrected chi connectivity index (χ0v) is 15.1. The number of benzene rings is 2. The van der Waals surface area contributed by atoms with Gasteiger partial charge in [0.15, 0.2) is 5.78 Å². The summed E-state index contributed by atoms with van der Waals surface area (Å²) in [7, 11) is 1.45. The predicted molar refractivity (Wildman–Crippen MR) is 97.5 cm³/mol. The summed E-state index contributed by atoms with van der Waals surface area (Å²) in [6.07, 6.45) is 2.26. The lowest BCUT2D eigenvalue weighted by Crippen LogP contribution is -2.22. The largest absolute Gasteiger partial charge is 0.507 e. The number of allylic oxidation sites excluding steroid dienone is 2. The summed E-state index contributed by atoms with van der Waals surface area (Å²) in [5.41, 5.74) is 2.22. The van der Waals surface area contributed by atoms with Crippen LogP contribution < -0.4 is 4.74 Å². The zero-order valence-electron chi connectivity index (χ0n) is 15.1. The molecule has 134 valence electrons. The molecule has 5 heteroatoms. The maximum Gasteiger partial charge on any atom is 0.201 e. The molecule has 0 bridgehead atoms. The van der Waals surface area contributed by atoms with Crippen molar-refractivity contribution in [3.8, 4) is 17.2 Å². The standard InChI is InChI=1S/C21H20O5/c1-10(2)5-6-12-16(26-4)9-14-18(20(12)24)21(25)17-13(19(14)23)7-11(3)8-15(17)22/h5,7-9,22,24H,6H2,1-4H3. The van der Waals surface area contributed by atoms with Crippen molar-refractivity contribution in [2.24, 2.45) is 0 Å². The van der Waals surface area contributed by atoms with Crippen molar-refractivity contribution < 1.29 is 24.5 Å². The Kier molecular flexibility index (Phi) is 4.32. The number of hydrogen-bond acceptors (Lipinski definition) is 5. The maximum absolute atomic E-state index is 13.0. The average molecular weight is 352 g/mol. The number of ketones is 2. The van der Waals surface area contributed by atoms with Crippen LogP contribution in [0.25, 0.3) is 0 Å². The van der Waals surface area contributed by atoms with E-state index in [1.165, 1.54) is 19.2 Å². The molecular formula is C21H20O5. The first-order valence-electron chi connectivity index (χ1n) is 8.25. The third-order valence-electron chi connectivity index (χ3n) is 4.50. The minimum atomic E-state index is -0.564. The number of aryl methyl sites for hydroxylation is 1. The Morgan fingerprint density at radius 1 is 1.04 bits per heavy atom. The zero-order chi connectivity index (χ0) is 19.2. The molecule has 5 nitrogen and oxygen atoms in total. The van der Waals surface area contributed by atoms with Gasteiger partial charge in [0, 0.05) is 16.7 Å². The van der Waals surface area contributed by atoms with Crippen LogP contribution in [0.4, 0.5) is 0 Å². The van der Waals surface area contributed by atoms with Crippen LogP contribution in [0.2, 0.25) is 0 Å². The Labute approximate surface area is 151 Å². The van der Waals surface area contributed by atoms with E-state index in [2.05, 4.69) is 0 Å². The fourth-order valence-corrected chi connectivity index (χ4v) is 3.24. The first kappa shape index (κ1) is 17.7. The van der Waals surface area contributed by atoms with Crippen molar-refractivity contribution in [2.45, 2.75) is 27.2 Å². The molecule has 0 spiro atoms. The third kappa shape index (κ3) is 2.65. The summed E-state index contributed by atoms with van der Waals surface area (Å²) in [6, 6.07) is 4.49. The third-order valence-corrected chi connectivity index (χ3v) is 4.50. The predicted octanol–water partition coefficient (Wildman–Crippen LogP) is 3.70. The van der Waals surface area contributed by atoms with Crippen LogP contribution in [0, 0.1) is 6.92 Å². The quantitative estimate of drug-likeness (QED) is 0.702. The molecule has 0 radical (unpaired) electrons. The van der Waals surface area contributed by atoms with Gasteiger partial charge in [0.2, 0.25) is 5.78 Å². The summed E-state index contributed by atoms with van der Waals surface area (Å²) >= 11 is 0. The van der Waals surface area contributed by atoms with E-state index in [1.807, 2.05) is 19.9 Å². The van der Waals surface area contributed by atoms with Crippen LogP contribution in [-0.2, 0) is 6.42 Å². The summed E-state index contributed by atoms with van der Waals surface area (Å²) in [5.74, 6) is -1.17. The highest BCUT2D eigenvalue weighted by atomic mass is 16.5. The highest BCUT2D eigenvalue weighted by molar-refractivity contribution is 6.30.